The molecule has 0 aliphatic rings. The molecule has 5 heteroatoms. The van der Waals surface area contributed by atoms with Crippen molar-refractivity contribution in [2.45, 2.75) is 47.0 Å². The number of nitrogens with zero attached hydrogens (tertiary/aromatic N) is 1. The Kier molecular flexibility index (Phi) is 3.70. The standard InChI is InChI=1S/C16H21NO4/c1-8-9(2)20-10(3)11(8)14-17-13(16(4,5)6)12(21-14)15(18)19-7/h1-7H3. The third kappa shape index (κ3) is 2.60. The molecular weight excluding hydrogens is 270 g/mol. The summed E-state index contributed by atoms with van der Waals surface area (Å²) in [5.41, 5.74) is 2.02. The molecule has 0 spiro atoms. The van der Waals surface area contributed by atoms with Gasteiger partial charge in [-0.1, -0.05) is 20.8 Å². The number of aromatic nitrogens is 1. The van der Waals surface area contributed by atoms with Crippen LogP contribution in [0.25, 0.3) is 11.5 Å². The SMILES string of the molecule is COC(=O)c1oc(-c2c(C)oc(C)c2C)nc1C(C)(C)C. The van der Waals surface area contributed by atoms with Crippen molar-refractivity contribution in [1.29, 1.82) is 0 Å². The van der Waals surface area contributed by atoms with Gasteiger partial charge in [0, 0.05) is 11.0 Å². The third-order valence-corrected chi connectivity index (χ3v) is 3.48. The second kappa shape index (κ2) is 5.06. The molecule has 0 saturated carbocycles. The number of hydrogen-bond donors (Lipinski definition) is 0. The summed E-state index contributed by atoms with van der Waals surface area (Å²) in [6, 6.07) is 0. The minimum Gasteiger partial charge on any atom is -0.466 e. The van der Waals surface area contributed by atoms with E-state index in [-0.39, 0.29) is 11.2 Å². The molecule has 114 valence electrons. The van der Waals surface area contributed by atoms with Gasteiger partial charge in [-0.05, 0) is 20.8 Å². The average molecular weight is 291 g/mol. The van der Waals surface area contributed by atoms with Gasteiger partial charge in [0.05, 0.1) is 12.7 Å². The van der Waals surface area contributed by atoms with Crippen molar-refractivity contribution in [2.24, 2.45) is 0 Å². The van der Waals surface area contributed by atoms with Gasteiger partial charge in [-0.3, -0.25) is 0 Å². The van der Waals surface area contributed by atoms with Crippen LogP contribution < -0.4 is 0 Å². The van der Waals surface area contributed by atoms with E-state index in [0.29, 0.717) is 11.6 Å². The fourth-order valence-corrected chi connectivity index (χ4v) is 2.27. The second-order valence-corrected chi connectivity index (χ2v) is 6.15. The van der Waals surface area contributed by atoms with Crippen LogP contribution in [0.5, 0.6) is 0 Å². The number of carbonyl (C=O) groups is 1. The van der Waals surface area contributed by atoms with Crippen LogP contribution in [0.2, 0.25) is 0 Å². The fraction of sp³-hybridized carbons (Fsp3) is 0.500. The lowest BCUT2D eigenvalue weighted by molar-refractivity contribution is 0.0562. The van der Waals surface area contributed by atoms with Gasteiger partial charge in [0.15, 0.2) is 0 Å². The topological polar surface area (TPSA) is 65.5 Å². The second-order valence-electron chi connectivity index (χ2n) is 6.15. The van der Waals surface area contributed by atoms with Crippen LogP contribution in [-0.4, -0.2) is 18.1 Å². The molecule has 2 rings (SSSR count). The molecule has 5 nitrogen and oxygen atoms in total. The van der Waals surface area contributed by atoms with Crippen LogP contribution in [0.4, 0.5) is 0 Å². The number of ether oxygens (including phenoxy) is 1. The molecule has 0 aromatic carbocycles. The largest absolute Gasteiger partial charge is 0.466 e. The van der Waals surface area contributed by atoms with Gasteiger partial charge >= 0.3 is 5.97 Å². The summed E-state index contributed by atoms with van der Waals surface area (Å²) in [6.45, 7) is 11.6. The number of oxazole rings is 1. The van der Waals surface area contributed by atoms with Crippen molar-refractivity contribution in [1.82, 2.24) is 4.98 Å². The summed E-state index contributed by atoms with van der Waals surface area (Å²) in [5, 5.41) is 0. The van der Waals surface area contributed by atoms with E-state index in [1.54, 1.807) is 0 Å². The monoisotopic (exact) mass is 291 g/mol. The van der Waals surface area contributed by atoms with E-state index in [9.17, 15) is 4.79 Å². The zero-order valence-electron chi connectivity index (χ0n) is 13.6. The first-order valence-corrected chi connectivity index (χ1v) is 6.83. The van der Waals surface area contributed by atoms with Gasteiger partial charge in [-0.25, -0.2) is 9.78 Å². The summed E-state index contributed by atoms with van der Waals surface area (Å²) < 4.78 is 16.1. The van der Waals surface area contributed by atoms with E-state index >= 15 is 0 Å². The van der Waals surface area contributed by atoms with Crippen LogP contribution in [0.15, 0.2) is 8.83 Å². The van der Waals surface area contributed by atoms with Gasteiger partial charge in [-0.2, -0.15) is 0 Å². The molecular formula is C16H21NO4. The summed E-state index contributed by atoms with van der Waals surface area (Å²) in [4.78, 5) is 16.4. The number of esters is 1. The lowest BCUT2D eigenvalue weighted by Crippen LogP contribution is -2.17. The highest BCUT2D eigenvalue weighted by atomic mass is 16.5. The van der Waals surface area contributed by atoms with E-state index in [4.69, 9.17) is 13.6 Å². The first kappa shape index (κ1) is 15.4. The molecule has 0 unspecified atom stereocenters. The molecule has 21 heavy (non-hydrogen) atoms. The number of carbonyl (C=O) groups excluding carboxylic acids is 1. The predicted molar refractivity (Wildman–Crippen MR) is 78.5 cm³/mol. The maximum absolute atomic E-state index is 11.9. The Morgan fingerprint density at radius 3 is 2.14 bits per heavy atom. The Labute approximate surface area is 124 Å². The zero-order chi connectivity index (χ0) is 15.9. The minimum atomic E-state index is -0.519. The molecule has 2 aromatic heterocycles. The minimum absolute atomic E-state index is 0.151. The van der Waals surface area contributed by atoms with Gasteiger partial charge in [0.25, 0.3) is 0 Å². The lowest BCUT2D eigenvalue weighted by atomic mass is 9.91. The highest BCUT2D eigenvalue weighted by molar-refractivity contribution is 5.88. The molecule has 0 amide bonds. The Bertz CT molecular complexity index is 686. The summed E-state index contributed by atoms with van der Waals surface area (Å²) in [7, 11) is 1.33. The molecule has 0 aliphatic heterocycles. The van der Waals surface area contributed by atoms with E-state index in [1.165, 1.54) is 7.11 Å². The smallest absolute Gasteiger partial charge is 0.376 e. The number of rotatable bonds is 2. The molecule has 2 aromatic rings. The first-order valence-electron chi connectivity index (χ1n) is 6.83. The van der Waals surface area contributed by atoms with Gasteiger partial charge in [-0.15, -0.1) is 0 Å². The predicted octanol–water partition coefficient (Wildman–Crippen LogP) is 3.94. The van der Waals surface area contributed by atoms with E-state index < -0.39 is 5.97 Å². The molecule has 2 heterocycles. The van der Waals surface area contributed by atoms with Gasteiger partial charge in [0.1, 0.15) is 17.2 Å². The Balaban J connectivity index is 2.67. The number of methoxy groups -OCH3 is 1. The number of aryl methyl sites for hydroxylation is 2. The van der Waals surface area contributed by atoms with Crippen molar-refractivity contribution >= 4 is 5.97 Å². The first-order chi connectivity index (χ1) is 9.66. The average Bonchev–Trinajstić information content (AvgIpc) is 2.91. The maximum Gasteiger partial charge on any atom is 0.376 e. The highest BCUT2D eigenvalue weighted by Crippen LogP contribution is 2.35. The molecule has 0 fully saturated rings. The van der Waals surface area contributed by atoms with Crippen molar-refractivity contribution in [3.8, 4) is 11.5 Å². The molecule has 0 radical (unpaired) electrons. The van der Waals surface area contributed by atoms with Crippen LogP contribution in [0.3, 0.4) is 0 Å². The molecule has 0 atom stereocenters. The van der Waals surface area contributed by atoms with Crippen molar-refractivity contribution < 1.29 is 18.4 Å². The van der Waals surface area contributed by atoms with Crippen LogP contribution >= 0.6 is 0 Å². The van der Waals surface area contributed by atoms with Gasteiger partial charge < -0.3 is 13.6 Å². The molecule has 0 bridgehead atoms. The van der Waals surface area contributed by atoms with E-state index in [1.807, 2.05) is 41.5 Å². The zero-order valence-corrected chi connectivity index (χ0v) is 13.6. The lowest BCUT2D eigenvalue weighted by Gasteiger charge is -2.15. The summed E-state index contributed by atoms with van der Waals surface area (Å²) >= 11 is 0. The number of furan rings is 1. The van der Waals surface area contributed by atoms with E-state index in [0.717, 1.165) is 22.6 Å². The number of hydrogen-bond acceptors (Lipinski definition) is 5. The highest BCUT2D eigenvalue weighted by Gasteiger charge is 2.31. The Morgan fingerprint density at radius 1 is 1.10 bits per heavy atom. The molecule has 0 aliphatic carbocycles. The van der Waals surface area contributed by atoms with E-state index in [2.05, 4.69) is 4.98 Å². The van der Waals surface area contributed by atoms with Gasteiger partial charge in [0.2, 0.25) is 11.7 Å². The normalized spacial score (nSPS) is 11.8. The fourth-order valence-electron chi connectivity index (χ4n) is 2.27. The summed E-state index contributed by atoms with van der Waals surface area (Å²) in [6.07, 6.45) is 0. The Morgan fingerprint density at radius 2 is 1.71 bits per heavy atom. The van der Waals surface area contributed by atoms with Crippen molar-refractivity contribution in [3.63, 3.8) is 0 Å². The van der Waals surface area contributed by atoms with Crippen LogP contribution in [0, 0.1) is 20.8 Å². The Hall–Kier alpha value is -2.04. The van der Waals surface area contributed by atoms with Crippen molar-refractivity contribution in [3.05, 3.63) is 28.5 Å². The van der Waals surface area contributed by atoms with Crippen LogP contribution in [0.1, 0.15) is 54.1 Å². The molecule has 0 saturated heterocycles. The molecule has 0 N–H and O–H groups in total. The quantitative estimate of drug-likeness (QED) is 0.784. The third-order valence-electron chi connectivity index (χ3n) is 3.48. The van der Waals surface area contributed by atoms with Crippen molar-refractivity contribution in [2.75, 3.05) is 7.11 Å². The summed E-state index contributed by atoms with van der Waals surface area (Å²) in [5.74, 6) is 1.57. The van der Waals surface area contributed by atoms with Crippen LogP contribution in [-0.2, 0) is 10.2 Å². The maximum atomic E-state index is 11.9.